The lowest BCUT2D eigenvalue weighted by Crippen LogP contribution is -2.43. The molecular weight excluding hydrogens is 577 g/mol. The highest BCUT2D eigenvalue weighted by Crippen LogP contribution is 2.51. The van der Waals surface area contributed by atoms with Gasteiger partial charge in [-0.1, -0.05) is 22.8 Å². The highest BCUT2D eigenvalue weighted by molar-refractivity contribution is 7.09. The number of carbonyl (C=O) groups is 1. The van der Waals surface area contributed by atoms with Crippen molar-refractivity contribution in [2.45, 2.75) is 37.8 Å². The van der Waals surface area contributed by atoms with E-state index < -0.39 is 52.2 Å². The smallest absolute Gasteiger partial charge is 0.374 e. The van der Waals surface area contributed by atoms with Gasteiger partial charge in [-0.15, -0.1) is 11.3 Å². The number of nitrogens with zero attached hydrogens (tertiary/aromatic N) is 3. The number of aryl methyl sites for hydroxylation is 1. The third kappa shape index (κ3) is 5.41. The molecule has 0 radical (unpaired) electrons. The van der Waals surface area contributed by atoms with Crippen molar-refractivity contribution in [2.24, 2.45) is 5.16 Å². The molecular formula is C24H14ClF7N4O2S. The van der Waals surface area contributed by atoms with Gasteiger partial charge in [0.05, 0.1) is 29.3 Å². The Kier molecular flexibility index (Phi) is 7.35. The number of thiazole rings is 1. The van der Waals surface area contributed by atoms with Crippen LogP contribution in [0, 0.1) is 24.1 Å². The van der Waals surface area contributed by atoms with Crippen LogP contribution in [0.15, 0.2) is 40.9 Å². The Labute approximate surface area is 224 Å². The first-order valence-electron chi connectivity index (χ1n) is 10.8. The maximum Gasteiger partial charge on any atom is 0.435 e. The number of rotatable bonds is 5. The van der Waals surface area contributed by atoms with Crippen molar-refractivity contribution in [3.05, 3.63) is 85.1 Å². The number of carbonyl (C=O) groups excluding carboxylic acids is 1. The molecule has 4 rings (SSSR count). The summed E-state index contributed by atoms with van der Waals surface area (Å²) in [6.07, 6.45) is -11.6. The Morgan fingerprint density at radius 1 is 1.23 bits per heavy atom. The number of aromatic nitrogens is 1. The van der Waals surface area contributed by atoms with Crippen LogP contribution in [-0.2, 0) is 23.2 Å². The number of halogens is 8. The Balaban J connectivity index is 1.61. The van der Waals surface area contributed by atoms with Gasteiger partial charge in [0.2, 0.25) is 0 Å². The molecule has 0 saturated carbocycles. The third-order valence-corrected chi connectivity index (χ3v) is 6.97. The van der Waals surface area contributed by atoms with Crippen LogP contribution in [0.4, 0.5) is 30.7 Å². The van der Waals surface area contributed by atoms with Gasteiger partial charge in [-0.25, -0.2) is 9.37 Å². The van der Waals surface area contributed by atoms with Gasteiger partial charge in [0.15, 0.2) is 5.69 Å². The second-order valence-corrected chi connectivity index (χ2v) is 9.75. The van der Waals surface area contributed by atoms with Crippen LogP contribution in [0.5, 0.6) is 0 Å². The third-order valence-electron chi connectivity index (χ3n) is 5.85. The quantitative estimate of drug-likeness (QED) is 0.337. The lowest BCUT2D eigenvalue weighted by molar-refractivity contribution is -0.276. The number of hydrogen-bond acceptors (Lipinski definition) is 6. The van der Waals surface area contributed by atoms with E-state index in [4.69, 9.17) is 16.9 Å². The van der Waals surface area contributed by atoms with Crippen molar-refractivity contribution in [3.8, 4) is 6.07 Å². The van der Waals surface area contributed by atoms with E-state index in [1.807, 2.05) is 6.07 Å². The van der Waals surface area contributed by atoms with E-state index >= 15 is 0 Å². The maximum absolute atomic E-state index is 14.8. The zero-order chi connectivity index (χ0) is 28.8. The Morgan fingerprint density at radius 3 is 2.54 bits per heavy atom. The van der Waals surface area contributed by atoms with Gasteiger partial charge in [-0.05, 0) is 42.3 Å². The highest BCUT2D eigenvalue weighted by atomic mass is 35.5. The fourth-order valence-electron chi connectivity index (χ4n) is 3.88. The van der Waals surface area contributed by atoms with Crippen molar-refractivity contribution in [1.82, 2.24) is 10.3 Å². The summed E-state index contributed by atoms with van der Waals surface area (Å²) in [4.78, 5) is 21.3. The number of hydrogen-bond donors (Lipinski definition) is 1. The van der Waals surface area contributed by atoms with Gasteiger partial charge in [-0.3, -0.25) is 4.79 Å². The van der Waals surface area contributed by atoms with E-state index in [2.05, 4.69) is 20.3 Å². The summed E-state index contributed by atoms with van der Waals surface area (Å²) in [6.45, 7) is 1.54. The molecule has 0 aliphatic carbocycles. The number of nitriles is 1. The van der Waals surface area contributed by atoms with Crippen LogP contribution in [-0.4, -0.2) is 22.8 Å². The van der Waals surface area contributed by atoms with Gasteiger partial charge < -0.3 is 10.2 Å². The van der Waals surface area contributed by atoms with Crippen molar-refractivity contribution >= 4 is 34.6 Å². The van der Waals surface area contributed by atoms with Gasteiger partial charge in [0.1, 0.15) is 16.9 Å². The van der Waals surface area contributed by atoms with E-state index in [9.17, 15) is 35.5 Å². The minimum absolute atomic E-state index is 0.00781. The summed E-state index contributed by atoms with van der Waals surface area (Å²) in [6, 6.07) is 6.00. The molecule has 3 aromatic rings. The highest BCUT2D eigenvalue weighted by Gasteiger charge is 2.64. The molecule has 1 atom stereocenters. The molecule has 15 heteroatoms. The topological polar surface area (TPSA) is 87.4 Å². The SMILES string of the molecule is Cc1cc(C2=NO[C@](c3cc(C(F)(F)F)cc(Cl)c3F)(C(F)(F)F)C2)ccc1C(=O)NCc1nc(C#N)cs1. The minimum atomic E-state index is -5.39. The number of alkyl halides is 6. The van der Waals surface area contributed by atoms with Crippen LogP contribution in [0.2, 0.25) is 5.02 Å². The molecule has 1 N–H and O–H groups in total. The summed E-state index contributed by atoms with van der Waals surface area (Å²) < 4.78 is 97.3. The molecule has 0 spiro atoms. The van der Waals surface area contributed by atoms with Gasteiger partial charge in [0, 0.05) is 16.5 Å². The fraction of sp³-hybridized carbons (Fsp3) is 0.250. The largest absolute Gasteiger partial charge is 0.435 e. The second kappa shape index (κ2) is 10.1. The summed E-state index contributed by atoms with van der Waals surface area (Å²) >= 11 is 6.69. The molecule has 0 fully saturated rings. The summed E-state index contributed by atoms with van der Waals surface area (Å²) in [5.41, 5.74) is -6.16. The van der Waals surface area contributed by atoms with Gasteiger partial charge in [-0.2, -0.15) is 31.6 Å². The predicted octanol–water partition coefficient (Wildman–Crippen LogP) is 6.65. The van der Waals surface area contributed by atoms with Crippen LogP contribution in [0.3, 0.4) is 0 Å². The average Bonchev–Trinajstić information content (AvgIpc) is 3.51. The predicted molar refractivity (Wildman–Crippen MR) is 126 cm³/mol. The lowest BCUT2D eigenvalue weighted by atomic mass is 9.85. The number of nitrogens with one attached hydrogen (secondary N) is 1. The van der Waals surface area contributed by atoms with Gasteiger partial charge in [0.25, 0.3) is 11.5 Å². The Bertz CT molecular complexity index is 1530. The van der Waals surface area contributed by atoms with E-state index in [0.29, 0.717) is 10.6 Å². The average molecular weight is 591 g/mol. The van der Waals surface area contributed by atoms with Crippen LogP contribution in [0.25, 0.3) is 0 Å². The van der Waals surface area contributed by atoms with Crippen LogP contribution < -0.4 is 5.32 Å². The second-order valence-electron chi connectivity index (χ2n) is 8.40. The first-order valence-corrected chi connectivity index (χ1v) is 12.0. The standard InChI is InChI=1S/C24H14ClF7N4O2S/c1-11-4-12(2-3-15(11)21(37)34-9-19-35-14(8-33)10-39-19)18-7-22(38-36-18,24(30,31)32)16-5-13(23(27,28)29)6-17(25)20(16)26/h2-6,10H,7,9H2,1H3,(H,34,37)/t22-/m1/s1. The zero-order valence-electron chi connectivity index (χ0n) is 19.5. The summed E-state index contributed by atoms with van der Waals surface area (Å²) in [7, 11) is 0. The molecule has 0 saturated heterocycles. The molecule has 6 nitrogen and oxygen atoms in total. The number of amides is 1. The van der Waals surface area contributed by atoms with Crippen molar-refractivity contribution in [3.63, 3.8) is 0 Å². The molecule has 39 heavy (non-hydrogen) atoms. The molecule has 1 amide bonds. The molecule has 1 aliphatic heterocycles. The van der Waals surface area contributed by atoms with E-state index in [-0.39, 0.29) is 41.2 Å². The van der Waals surface area contributed by atoms with Crippen LogP contribution >= 0.6 is 22.9 Å². The molecule has 0 bridgehead atoms. The van der Waals surface area contributed by atoms with Gasteiger partial charge >= 0.3 is 12.4 Å². The van der Waals surface area contributed by atoms with E-state index in [1.54, 1.807) is 0 Å². The van der Waals surface area contributed by atoms with Crippen molar-refractivity contribution in [1.29, 1.82) is 5.26 Å². The molecule has 2 heterocycles. The fourth-order valence-corrected chi connectivity index (χ4v) is 4.76. The van der Waals surface area contributed by atoms with E-state index in [0.717, 1.165) is 0 Å². The molecule has 2 aromatic carbocycles. The minimum Gasteiger partial charge on any atom is -0.374 e. The summed E-state index contributed by atoms with van der Waals surface area (Å²) in [5, 5.41) is 15.7. The molecule has 1 aromatic heterocycles. The zero-order valence-corrected chi connectivity index (χ0v) is 21.0. The van der Waals surface area contributed by atoms with Crippen LogP contribution in [0.1, 0.15) is 49.7 Å². The Hall–Kier alpha value is -3.70. The van der Waals surface area contributed by atoms with Crippen molar-refractivity contribution in [2.75, 3.05) is 0 Å². The number of benzene rings is 2. The normalized spacial score (nSPS) is 17.4. The molecule has 0 unspecified atom stereocenters. The lowest BCUT2D eigenvalue weighted by Gasteiger charge is -2.30. The molecule has 204 valence electrons. The first kappa shape index (κ1) is 28.3. The first-order chi connectivity index (χ1) is 18.2. The Morgan fingerprint density at radius 2 is 1.95 bits per heavy atom. The molecule has 1 aliphatic rings. The monoisotopic (exact) mass is 590 g/mol. The van der Waals surface area contributed by atoms with Crippen molar-refractivity contribution < 1.29 is 40.4 Å². The maximum atomic E-state index is 14.8. The van der Waals surface area contributed by atoms with E-state index in [1.165, 1.54) is 41.8 Å². The number of oxime groups is 1. The summed E-state index contributed by atoms with van der Waals surface area (Å²) in [5.74, 6) is -2.24.